The Labute approximate surface area is 280 Å². The Morgan fingerprint density at radius 3 is 2.42 bits per heavy atom. The Hall–Kier alpha value is -4.83. The highest BCUT2D eigenvalue weighted by atomic mass is 16.5. The number of nitrogen functional groups attached to an aromatic ring is 1. The molecule has 0 spiro atoms. The summed E-state index contributed by atoms with van der Waals surface area (Å²) in [7, 11) is 0. The maximum Gasteiger partial charge on any atom is 0.264 e. The second kappa shape index (κ2) is 13.4. The molecule has 0 unspecified atom stereocenters. The number of nitrogens with zero attached hydrogens (tertiary/aromatic N) is 8. The van der Waals surface area contributed by atoms with Crippen LogP contribution >= 0.6 is 0 Å². The zero-order chi connectivity index (χ0) is 33.3. The number of rotatable bonds is 8. The molecule has 0 radical (unpaired) electrons. The van der Waals surface area contributed by atoms with Crippen LogP contribution in [0.25, 0.3) is 22.3 Å². The SMILES string of the molecule is CC(C)(/C=C(/C#N)C(=O)N1CCC[C@H](n2nc(-c3ccc(Oc4ccccc4)cc3)c3c(N)ncnc32)C1)N1CCN(C2COC2)CC1. The first-order chi connectivity index (χ1) is 23.3. The van der Waals surface area contributed by atoms with E-state index in [1.807, 2.05) is 65.4 Å². The van der Waals surface area contributed by atoms with Crippen LogP contribution in [0, 0.1) is 11.3 Å². The summed E-state index contributed by atoms with van der Waals surface area (Å²) in [5.74, 6) is 1.55. The van der Waals surface area contributed by atoms with Gasteiger partial charge in [0.25, 0.3) is 5.91 Å². The van der Waals surface area contributed by atoms with Crippen molar-refractivity contribution in [3.8, 4) is 28.8 Å². The van der Waals surface area contributed by atoms with Crippen molar-refractivity contribution in [2.45, 2.75) is 44.3 Å². The predicted octanol–water partition coefficient (Wildman–Crippen LogP) is 4.28. The normalized spacial score (nSPS) is 20.0. The van der Waals surface area contributed by atoms with Gasteiger partial charge >= 0.3 is 0 Å². The Morgan fingerprint density at radius 1 is 1.00 bits per heavy atom. The molecule has 0 bridgehead atoms. The monoisotopic (exact) mass is 647 g/mol. The molecule has 248 valence electrons. The second-order valence-corrected chi connectivity index (χ2v) is 13.3. The van der Waals surface area contributed by atoms with Crippen LogP contribution in [0.2, 0.25) is 0 Å². The van der Waals surface area contributed by atoms with Crippen molar-refractivity contribution < 1.29 is 14.3 Å². The van der Waals surface area contributed by atoms with E-state index >= 15 is 0 Å². The highest BCUT2D eigenvalue weighted by Gasteiger charge is 2.35. The van der Waals surface area contributed by atoms with Crippen molar-refractivity contribution in [2.75, 3.05) is 58.2 Å². The van der Waals surface area contributed by atoms with E-state index in [4.69, 9.17) is 20.3 Å². The van der Waals surface area contributed by atoms with Crippen molar-refractivity contribution >= 4 is 22.8 Å². The highest BCUT2D eigenvalue weighted by molar-refractivity contribution is 5.99. The summed E-state index contributed by atoms with van der Waals surface area (Å²) >= 11 is 0. The number of benzene rings is 2. The maximum atomic E-state index is 13.9. The number of ether oxygens (including phenoxy) is 2. The Morgan fingerprint density at radius 2 is 1.73 bits per heavy atom. The average molecular weight is 648 g/mol. The van der Waals surface area contributed by atoms with Crippen LogP contribution < -0.4 is 10.5 Å². The zero-order valence-electron chi connectivity index (χ0n) is 27.5. The molecule has 2 N–H and O–H groups in total. The summed E-state index contributed by atoms with van der Waals surface area (Å²) in [6, 6.07) is 19.9. The van der Waals surface area contributed by atoms with Crippen LogP contribution in [-0.4, -0.2) is 104 Å². The second-order valence-electron chi connectivity index (χ2n) is 13.3. The smallest absolute Gasteiger partial charge is 0.264 e. The third-order valence-corrected chi connectivity index (χ3v) is 9.77. The number of carbonyl (C=O) groups excluding carboxylic acids is 1. The molecular formula is C36H41N9O3. The number of hydrogen-bond donors (Lipinski definition) is 1. The Bertz CT molecular complexity index is 1840. The minimum absolute atomic E-state index is 0.148. The molecule has 0 aliphatic carbocycles. The number of fused-ring (bicyclic) bond motifs is 1. The van der Waals surface area contributed by atoms with E-state index in [1.165, 1.54) is 6.33 Å². The quantitative estimate of drug-likeness (QED) is 0.218. The van der Waals surface area contributed by atoms with Gasteiger partial charge in [-0.2, -0.15) is 10.4 Å². The number of amides is 1. The number of nitriles is 1. The van der Waals surface area contributed by atoms with Gasteiger partial charge in [-0.1, -0.05) is 18.2 Å². The standard InChI is InChI=1S/C36H41N9O3/c1-36(2,44-17-15-42(16-18-44)28-22-47-23-28)19-26(20-37)35(46)43-14-6-7-27(21-43)45-34-31(33(38)39-24-40-34)32(41-45)25-10-12-30(13-11-25)48-29-8-4-3-5-9-29/h3-5,8-13,19,24,27-28H,6-7,14-18,21-23H2,1-2H3,(H2,38,39,40)/b26-19-/t27-/m0/s1. The van der Waals surface area contributed by atoms with Gasteiger partial charge in [0, 0.05) is 50.4 Å². The summed E-state index contributed by atoms with van der Waals surface area (Å²) in [5.41, 5.74) is 8.27. The lowest BCUT2D eigenvalue weighted by Crippen LogP contribution is -2.59. The van der Waals surface area contributed by atoms with Crippen molar-refractivity contribution in [2.24, 2.45) is 0 Å². The molecule has 2 aromatic heterocycles. The minimum Gasteiger partial charge on any atom is -0.457 e. The molecule has 48 heavy (non-hydrogen) atoms. The number of anilines is 1. The molecule has 3 fully saturated rings. The molecule has 12 nitrogen and oxygen atoms in total. The molecule has 3 aliphatic heterocycles. The lowest BCUT2D eigenvalue weighted by molar-refractivity contribution is -0.128. The van der Waals surface area contributed by atoms with Gasteiger partial charge in [-0.3, -0.25) is 14.6 Å². The Balaban J connectivity index is 1.09. The molecule has 1 amide bonds. The van der Waals surface area contributed by atoms with Crippen LogP contribution in [0.5, 0.6) is 11.5 Å². The number of piperazine rings is 1. The van der Waals surface area contributed by atoms with Gasteiger partial charge in [-0.25, -0.2) is 14.6 Å². The fraction of sp³-hybridized carbons (Fsp3) is 0.417. The van der Waals surface area contributed by atoms with Crippen LogP contribution in [0.1, 0.15) is 32.7 Å². The molecule has 3 aliphatic rings. The summed E-state index contributed by atoms with van der Waals surface area (Å²) in [4.78, 5) is 29.3. The van der Waals surface area contributed by atoms with Crippen LogP contribution in [0.3, 0.4) is 0 Å². The lowest BCUT2D eigenvalue weighted by Gasteiger charge is -2.46. The molecule has 7 rings (SSSR count). The number of carbonyl (C=O) groups is 1. The predicted molar refractivity (Wildman–Crippen MR) is 182 cm³/mol. The van der Waals surface area contributed by atoms with Crippen molar-refractivity contribution in [3.05, 3.63) is 72.6 Å². The molecule has 0 saturated carbocycles. The topological polar surface area (TPSA) is 139 Å². The van der Waals surface area contributed by atoms with E-state index in [2.05, 4.69) is 39.7 Å². The maximum absolute atomic E-state index is 13.9. The van der Waals surface area contributed by atoms with Gasteiger partial charge < -0.3 is 20.1 Å². The first-order valence-electron chi connectivity index (χ1n) is 16.6. The summed E-state index contributed by atoms with van der Waals surface area (Å²) in [6.45, 7) is 10.4. The molecular weight excluding hydrogens is 606 g/mol. The fourth-order valence-corrected chi connectivity index (χ4v) is 6.95. The van der Waals surface area contributed by atoms with E-state index in [0.717, 1.165) is 63.5 Å². The molecule has 2 aromatic carbocycles. The highest BCUT2D eigenvalue weighted by Crippen LogP contribution is 2.35. The van der Waals surface area contributed by atoms with Gasteiger partial charge in [0.2, 0.25) is 0 Å². The first kappa shape index (κ1) is 31.8. The first-order valence-corrected chi connectivity index (χ1v) is 16.6. The molecule has 3 saturated heterocycles. The average Bonchev–Trinajstić information content (AvgIpc) is 3.48. The van der Waals surface area contributed by atoms with Crippen LogP contribution in [-0.2, 0) is 9.53 Å². The van der Waals surface area contributed by atoms with Crippen molar-refractivity contribution in [3.63, 3.8) is 0 Å². The van der Waals surface area contributed by atoms with Gasteiger partial charge in [0.05, 0.1) is 30.7 Å². The number of hydrogen-bond acceptors (Lipinski definition) is 10. The van der Waals surface area contributed by atoms with Gasteiger partial charge in [-0.15, -0.1) is 0 Å². The number of aromatic nitrogens is 4. The number of likely N-dealkylation sites (tertiary alicyclic amines) is 1. The van der Waals surface area contributed by atoms with Gasteiger partial charge in [0.15, 0.2) is 5.65 Å². The summed E-state index contributed by atoms with van der Waals surface area (Å²) in [6.07, 6.45) is 4.87. The van der Waals surface area contributed by atoms with E-state index in [9.17, 15) is 10.1 Å². The largest absolute Gasteiger partial charge is 0.457 e. The lowest BCUT2D eigenvalue weighted by atomic mass is 9.96. The van der Waals surface area contributed by atoms with Crippen molar-refractivity contribution in [1.82, 2.24) is 34.4 Å². The fourth-order valence-electron chi connectivity index (χ4n) is 6.95. The van der Waals surface area contributed by atoms with Gasteiger partial charge in [0.1, 0.15) is 41.0 Å². The third kappa shape index (κ3) is 6.36. The van der Waals surface area contributed by atoms with E-state index < -0.39 is 5.54 Å². The molecule has 4 aromatic rings. The third-order valence-electron chi connectivity index (χ3n) is 9.77. The molecule has 1 atom stereocenters. The zero-order valence-corrected chi connectivity index (χ0v) is 27.5. The molecule has 5 heterocycles. The van der Waals surface area contributed by atoms with E-state index in [-0.39, 0.29) is 17.5 Å². The van der Waals surface area contributed by atoms with Crippen molar-refractivity contribution in [1.29, 1.82) is 5.26 Å². The number of nitrogens with two attached hydrogens (primary N) is 1. The van der Waals surface area contributed by atoms with Crippen LogP contribution in [0.4, 0.5) is 5.82 Å². The summed E-state index contributed by atoms with van der Waals surface area (Å²) in [5, 5.41) is 15.9. The van der Waals surface area contributed by atoms with E-state index in [1.54, 1.807) is 4.90 Å². The number of piperidine rings is 1. The van der Waals surface area contributed by atoms with Gasteiger partial charge in [-0.05, 0) is 69.2 Å². The van der Waals surface area contributed by atoms with Crippen LogP contribution in [0.15, 0.2) is 72.6 Å². The Kier molecular flexibility index (Phi) is 8.83. The minimum atomic E-state index is -0.443. The number of para-hydroxylation sites is 1. The van der Waals surface area contributed by atoms with E-state index in [0.29, 0.717) is 47.4 Å². The summed E-state index contributed by atoms with van der Waals surface area (Å²) < 4.78 is 13.2. The molecule has 12 heteroatoms.